The van der Waals surface area contributed by atoms with Gasteiger partial charge in [-0.3, -0.25) is 4.90 Å². The lowest BCUT2D eigenvalue weighted by Gasteiger charge is -2.40. The van der Waals surface area contributed by atoms with Crippen LogP contribution in [0.1, 0.15) is 58.3 Å². The molecule has 122 valence electrons. The van der Waals surface area contributed by atoms with Crippen LogP contribution < -0.4 is 10.6 Å². The molecule has 2 amide bonds. The van der Waals surface area contributed by atoms with Crippen LogP contribution in [-0.2, 0) is 0 Å². The molecule has 1 aliphatic carbocycles. The topological polar surface area (TPSA) is 64.6 Å². The molecule has 1 aliphatic heterocycles. The third kappa shape index (κ3) is 5.15. The predicted octanol–water partition coefficient (Wildman–Crippen LogP) is 1.85. The van der Waals surface area contributed by atoms with E-state index >= 15 is 0 Å². The van der Waals surface area contributed by atoms with Crippen LogP contribution in [0.25, 0.3) is 0 Å². The number of carbonyl (C=O) groups excluding carboxylic acids is 1. The maximum Gasteiger partial charge on any atom is 0.315 e. The fraction of sp³-hybridized carbons (Fsp3) is 0.938. The minimum atomic E-state index is -0.136. The summed E-state index contributed by atoms with van der Waals surface area (Å²) in [5.41, 5.74) is 0. The molecule has 0 aromatic heterocycles. The summed E-state index contributed by atoms with van der Waals surface area (Å²) in [6.45, 7) is 4.13. The SMILES string of the molecule is CC[C@@H](CO)NC(=O)NC1CCCN(C2CCCCC2)C1. The summed E-state index contributed by atoms with van der Waals surface area (Å²) in [4.78, 5) is 14.6. The van der Waals surface area contributed by atoms with Crippen LogP contribution in [0.4, 0.5) is 4.79 Å². The number of aliphatic hydroxyl groups is 1. The summed E-state index contributed by atoms with van der Waals surface area (Å²) < 4.78 is 0. The fourth-order valence-electron chi connectivity index (χ4n) is 3.59. The molecule has 2 atom stereocenters. The molecule has 2 fully saturated rings. The minimum Gasteiger partial charge on any atom is -0.394 e. The Labute approximate surface area is 128 Å². The lowest BCUT2D eigenvalue weighted by atomic mass is 9.92. The number of carbonyl (C=O) groups is 1. The molecule has 0 aromatic rings. The van der Waals surface area contributed by atoms with E-state index in [1.807, 2.05) is 6.92 Å². The van der Waals surface area contributed by atoms with Gasteiger partial charge in [0.25, 0.3) is 0 Å². The molecule has 1 saturated heterocycles. The van der Waals surface area contributed by atoms with E-state index in [1.54, 1.807) is 0 Å². The number of hydrogen-bond donors (Lipinski definition) is 3. The Bertz CT molecular complexity index is 315. The molecule has 0 radical (unpaired) electrons. The molecular formula is C16H31N3O2. The number of amides is 2. The first-order valence-electron chi connectivity index (χ1n) is 8.64. The van der Waals surface area contributed by atoms with Gasteiger partial charge in [-0.25, -0.2) is 4.79 Å². The summed E-state index contributed by atoms with van der Waals surface area (Å²) >= 11 is 0. The van der Waals surface area contributed by atoms with Crippen LogP contribution in [0.15, 0.2) is 0 Å². The first-order chi connectivity index (χ1) is 10.2. The highest BCUT2D eigenvalue weighted by molar-refractivity contribution is 5.74. The molecule has 0 spiro atoms. The Morgan fingerprint density at radius 1 is 1.24 bits per heavy atom. The Morgan fingerprint density at radius 2 is 2.00 bits per heavy atom. The van der Waals surface area contributed by atoms with Crippen LogP contribution in [0.2, 0.25) is 0 Å². The van der Waals surface area contributed by atoms with Gasteiger partial charge in [0, 0.05) is 18.6 Å². The van der Waals surface area contributed by atoms with Gasteiger partial charge in [-0.15, -0.1) is 0 Å². The second kappa shape index (κ2) is 8.59. The third-order valence-corrected chi connectivity index (χ3v) is 4.93. The number of nitrogens with one attached hydrogen (secondary N) is 2. The van der Waals surface area contributed by atoms with E-state index in [2.05, 4.69) is 15.5 Å². The summed E-state index contributed by atoms with van der Waals surface area (Å²) in [5.74, 6) is 0. The van der Waals surface area contributed by atoms with Gasteiger partial charge >= 0.3 is 6.03 Å². The zero-order chi connectivity index (χ0) is 15.1. The molecule has 1 saturated carbocycles. The summed E-state index contributed by atoms with van der Waals surface area (Å²) in [7, 11) is 0. The zero-order valence-electron chi connectivity index (χ0n) is 13.3. The third-order valence-electron chi connectivity index (χ3n) is 4.93. The molecule has 3 N–H and O–H groups in total. The van der Waals surface area contributed by atoms with E-state index in [1.165, 1.54) is 45.1 Å². The highest BCUT2D eigenvalue weighted by Gasteiger charge is 2.27. The summed E-state index contributed by atoms with van der Waals surface area (Å²) in [6.07, 6.45) is 9.72. The Morgan fingerprint density at radius 3 is 2.67 bits per heavy atom. The van der Waals surface area contributed by atoms with E-state index in [0.29, 0.717) is 0 Å². The minimum absolute atomic E-state index is 0.00276. The molecular weight excluding hydrogens is 266 g/mol. The Kier molecular flexibility index (Phi) is 6.77. The summed E-state index contributed by atoms with van der Waals surface area (Å²) in [5, 5.41) is 15.1. The van der Waals surface area contributed by atoms with Crippen molar-refractivity contribution in [2.75, 3.05) is 19.7 Å². The zero-order valence-corrected chi connectivity index (χ0v) is 13.3. The van der Waals surface area contributed by atoms with Crippen molar-refractivity contribution in [3.8, 4) is 0 Å². The average Bonchev–Trinajstić information content (AvgIpc) is 2.53. The van der Waals surface area contributed by atoms with E-state index in [0.717, 1.165) is 25.4 Å². The van der Waals surface area contributed by atoms with Crippen molar-refractivity contribution in [3.05, 3.63) is 0 Å². The number of aliphatic hydroxyl groups excluding tert-OH is 1. The maximum absolute atomic E-state index is 12.0. The molecule has 2 rings (SSSR count). The van der Waals surface area contributed by atoms with Gasteiger partial charge in [0.15, 0.2) is 0 Å². The standard InChI is InChI=1S/C16H31N3O2/c1-2-13(12-20)17-16(21)18-14-7-6-10-19(11-14)15-8-4-3-5-9-15/h13-15,20H,2-12H2,1H3,(H2,17,18,21)/t13-,14?/m0/s1. The average molecular weight is 297 g/mol. The summed E-state index contributed by atoms with van der Waals surface area (Å²) in [6, 6.07) is 0.707. The lowest BCUT2D eigenvalue weighted by molar-refractivity contribution is 0.111. The first-order valence-corrected chi connectivity index (χ1v) is 8.64. The molecule has 1 unspecified atom stereocenters. The number of rotatable bonds is 5. The Hall–Kier alpha value is -0.810. The molecule has 0 bridgehead atoms. The van der Waals surface area contributed by atoms with Gasteiger partial charge in [0.05, 0.1) is 12.6 Å². The largest absolute Gasteiger partial charge is 0.394 e. The molecule has 5 nitrogen and oxygen atoms in total. The number of nitrogens with zero attached hydrogens (tertiary/aromatic N) is 1. The van der Waals surface area contributed by atoms with Crippen molar-refractivity contribution in [1.82, 2.24) is 15.5 Å². The van der Waals surface area contributed by atoms with Crippen LogP contribution in [0, 0.1) is 0 Å². The Balaban J connectivity index is 1.76. The van der Waals surface area contributed by atoms with Gasteiger partial charge in [-0.2, -0.15) is 0 Å². The van der Waals surface area contributed by atoms with Crippen LogP contribution in [0.5, 0.6) is 0 Å². The molecule has 21 heavy (non-hydrogen) atoms. The molecule has 1 heterocycles. The van der Waals surface area contributed by atoms with Gasteiger partial charge in [0.2, 0.25) is 0 Å². The second-order valence-electron chi connectivity index (χ2n) is 6.53. The van der Waals surface area contributed by atoms with Gasteiger partial charge < -0.3 is 15.7 Å². The van der Waals surface area contributed by atoms with Crippen molar-refractivity contribution in [2.24, 2.45) is 0 Å². The quantitative estimate of drug-likeness (QED) is 0.725. The van der Waals surface area contributed by atoms with Crippen molar-refractivity contribution in [2.45, 2.75) is 76.4 Å². The number of urea groups is 1. The van der Waals surface area contributed by atoms with Crippen LogP contribution in [0.3, 0.4) is 0 Å². The smallest absolute Gasteiger partial charge is 0.315 e. The number of likely N-dealkylation sites (tertiary alicyclic amines) is 1. The first kappa shape index (κ1) is 16.6. The molecule has 5 heteroatoms. The van der Waals surface area contributed by atoms with Crippen molar-refractivity contribution in [3.63, 3.8) is 0 Å². The highest BCUT2D eigenvalue weighted by Crippen LogP contribution is 2.25. The molecule has 0 aromatic carbocycles. The van der Waals surface area contributed by atoms with Crippen LogP contribution in [-0.4, -0.2) is 53.9 Å². The van der Waals surface area contributed by atoms with Gasteiger partial charge in [-0.1, -0.05) is 26.2 Å². The van der Waals surface area contributed by atoms with Crippen molar-refractivity contribution < 1.29 is 9.90 Å². The van der Waals surface area contributed by atoms with E-state index in [-0.39, 0.29) is 24.7 Å². The fourth-order valence-corrected chi connectivity index (χ4v) is 3.59. The molecule has 2 aliphatic rings. The van der Waals surface area contributed by atoms with E-state index < -0.39 is 0 Å². The monoisotopic (exact) mass is 297 g/mol. The second-order valence-corrected chi connectivity index (χ2v) is 6.53. The van der Waals surface area contributed by atoms with Gasteiger partial charge in [-0.05, 0) is 38.6 Å². The van der Waals surface area contributed by atoms with Crippen molar-refractivity contribution in [1.29, 1.82) is 0 Å². The predicted molar refractivity (Wildman–Crippen MR) is 84.3 cm³/mol. The highest BCUT2D eigenvalue weighted by atomic mass is 16.3. The van der Waals surface area contributed by atoms with Crippen LogP contribution >= 0.6 is 0 Å². The van der Waals surface area contributed by atoms with Gasteiger partial charge in [0.1, 0.15) is 0 Å². The number of piperidine rings is 1. The lowest BCUT2D eigenvalue weighted by Crippen LogP contribution is -2.54. The number of hydrogen-bond acceptors (Lipinski definition) is 3. The van der Waals surface area contributed by atoms with E-state index in [9.17, 15) is 4.79 Å². The maximum atomic E-state index is 12.0. The van der Waals surface area contributed by atoms with Crippen molar-refractivity contribution >= 4 is 6.03 Å². The van der Waals surface area contributed by atoms with E-state index in [4.69, 9.17) is 5.11 Å². The normalized spacial score (nSPS) is 26.3.